The summed E-state index contributed by atoms with van der Waals surface area (Å²) in [6.07, 6.45) is 0. The van der Waals surface area contributed by atoms with Crippen molar-refractivity contribution < 1.29 is 4.39 Å². The maximum Gasteiger partial charge on any atom is 0.127 e. The summed E-state index contributed by atoms with van der Waals surface area (Å²) in [6, 6.07) is 7.14. The van der Waals surface area contributed by atoms with Gasteiger partial charge in [0, 0.05) is 15.4 Å². The van der Waals surface area contributed by atoms with Gasteiger partial charge in [-0.2, -0.15) is 9.93 Å². The van der Waals surface area contributed by atoms with Crippen LogP contribution in [0.1, 0.15) is 19.4 Å². The molecule has 1 aliphatic rings. The Bertz CT molecular complexity index is 318. The van der Waals surface area contributed by atoms with Crippen molar-refractivity contribution in [2.75, 3.05) is 5.08 Å². The third-order valence-electron chi connectivity index (χ3n) is 2.41. The molecule has 1 saturated heterocycles. The summed E-state index contributed by atoms with van der Waals surface area (Å²) < 4.78 is 13.5. The number of rotatable bonds is 2. The number of benzene rings is 1. The summed E-state index contributed by atoms with van der Waals surface area (Å²) in [5.41, 5.74) is 0.881. The van der Waals surface area contributed by atoms with E-state index in [-0.39, 0.29) is 20.5 Å². The molecular weight excluding hydrogens is 203 g/mol. The smallest absolute Gasteiger partial charge is 0.127 e. The van der Waals surface area contributed by atoms with E-state index in [4.69, 9.17) is 0 Å². The lowest BCUT2D eigenvalue weighted by Crippen LogP contribution is -2.13. The predicted molar refractivity (Wildman–Crippen MR) is 60.9 cm³/mol. The second-order valence-corrected chi connectivity index (χ2v) is 8.94. The average molecular weight is 216 g/mol. The van der Waals surface area contributed by atoms with Crippen LogP contribution in [0, 0.1) is 5.82 Å². The molecule has 1 aromatic carbocycles. The summed E-state index contributed by atoms with van der Waals surface area (Å²) >= 11 is 0. The van der Waals surface area contributed by atoms with Crippen LogP contribution < -0.4 is 0 Å². The Morgan fingerprint density at radius 3 is 2.54 bits per heavy atom. The zero-order valence-corrected chi connectivity index (χ0v) is 9.46. The van der Waals surface area contributed by atoms with Crippen LogP contribution in [-0.4, -0.2) is 5.08 Å². The molecule has 1 unspecified atom stereocenters. The molecule has 1 heterocycles. The standard InChI is InChI=1S/C10H13FS2/c1-10(2,13-7-12-13)8-5-3-4-6-9(8)11/h3-6,13H,7H2,1-2H3. The van der Waals surface area contributed by atoms with E-state index >= 15 is 0 Å². The van der Waals surface area contributed by atoms with Gasteiger partial charge in [-0.15, -0.1) is 10.8 Å². The lowest BCUT2D eigenvalue weighted by Gasteiger charge is -2.26. The Labute approximate surface area is 84.7 Å². The Morgan fingerprint density at radius 1 is 1.38 bits per heavy atom. The number of thiol groups is 1. The SMILES string of the molecule is CC(C)(c1ccccc1F)[SH]1CS1. The van der Waals surface area contributed by atoms with Crippen molar-refractivity contribution in [2.24, 2.45) is 0 Å². The summed E-state index contributed by atoms with van der Waals surface area (Å²) in [5.74, 6) is -0.0532. The molecule has 1 aliphatic heterocycles. The first kappa shape index (κ1) is 9.41. The van der Waals surface area contributed by atoms with E-state index in [2.05, 4.69) is 13.8 Å². The average Bonchev–Trinajstić information content (AvgIpc) is 2.86. The highest BCUT2D eigenvalue weighted by molar-refractivity contribution is 9.00. The Hall–Kier alpha value is -0.150. The predicted octanol–water partition coefficient (Wildman–Crippen LogP) is 3.68. The van der Waals surface area contributed by atoms with Gasteiger partial charge in [-0.25, -0.2) is 4.39 Å². The van der Waals surface area contributed by atoms with Gasteiger partial charge >= 0.3 is 0 Å². The molecule has 2 rings (SSSR count). The van der Waals surface area contributed by atoms with Crippen molar-refractivity contribution in [3.63, 3.8) is 0 Å². The number of halogens is 1. The van der Waals surface area contributed by atoms with Gasteiger partial charge in [-0.1, -0.05) is 18.2 Å². The van der Waals surface area contributed by atoms with Gasteiger partial charge in [-0.05, 0) is 19.9 Å². The number of hydrogen-bond acceptors (Lipinski definition) is 1. The van der Waals surface area contributed by atoms with E-state index in [1.165, 1.54) is 5.08 Å². The molecule has 3 heteroatoms. The molecular formula is C10H13FS2. The molecule has 0 amide bonds. The van der Waals surface area contributed by atoms with Gasteiger partial charge in [0.05, 0.1) is 0 Å². The molecule has 72 valence electrons. The van der Waals surface area contributed by atoms with Gasteiger partial charge < -0.3 is 0 Å². The lowest BCUT2D eigenvalue weighted by atomic mass is 10.0. The Balaban J connectivity index is 2.38. The zero-order valence-electron chi connectivity index (χ0n) is 7.75. The molecule has 1 atom stereocenters. The van der Waals surface area contributed by atoms with Crippen LogP contribution in [-0.2, 0) is 4.75 Å². The maximum absolute atomic E-state index is 13.5. The molecule has 0 radical (unpaired) electrons. The van der Waals surface area contributed by atoms with Gasteiger partial charge in [0.15, 0.2) is 0 Å². The molecule has 1 fully saturated rings. The van der Waals surface area contributed by atoms with Crippen molar-refractivity contribution in [1.29, 1.82) is 0 Å². The first-order valence-electron chi connectivity index (χ1n) is 4.28. The lowest BCUT2D eigenvalue weighted by molar-refractivity contribution is 0.587. The fraction of sp³-hybridized carbons (Fsp3) is 0.400. The van der Waals surface area contributed by atoms with E-state index in [1.807, 2.05) is 22.9 Å². The van der Waals surface area contributed by atoms with E-state index in [1.54, 1.807) is 12.1 Å². The molecule has 0 spiro atoms. The van der Waals surface area contributed by atoms with Crippen molar-refractivity contribution in [3.8, 4) is 0 Å². The quantitative estimate of drug-likeness (QED) is 0.447. The fourth-order valence-electron chi connectivity index (χ4n) is 1.44. The van der Waals surface area contributed by atoms with Crippen LogP contribution in [0.4, 0.5) is 4.39 Å². The fourth-order valence-corrected chi connectivity index (χ4v) is 5.52. The molecule has 0 saturated carbocycles. The van der Waals surface area contributed by atoms with Gasteiger partial charge in [0.1, 0.15) is 5.82 Å². The first-order valence-corrected chi connectivity index (χ1v) is 7.40. The van der Waals surface area contributed by atoms with Crippen LogP contribution in [0.3, 0.4) is 0 Å². The van der Waals surface area contributed by atoms with E-state index in [0.29, 0.717) is 0 Å². The van der Waals surface area contributed by atoms with Gasteiger partial charge in [0.25, 0.3) is 0 Å². The van der Waals surface area contributed by atoms with E-state index < -0.39 is 0 Å². The first-order chi connectivity index (χ1) is 6.12. The second kappa shape index (κ2) is 3.21. The molecule has 0 nitrogen and oxygen atoms in total. The highest BCUT2D eigenvalue weighted by Gasteiger charge is 2.38. The summed E-state index contributed by atoms with van der Waals surface area (Å²) in [7, 11) is 1.97. The summed E-state index contributed by atoms with van der Waals surface area (Å²) in [6.45, 7) is 4.30. The molecule has 13 heavy (non-hydrogen) atoms. The minimum Gasteiger partial charge on any atom is -0.207 e. The van der Waals surface area contributed by atoms with Crippen LogP contribution in [0.15, 0.2) is 24.3 Å². The second-order valence-electron chi connectivity index (χ2n) is 3.68. The van der Waals surface area contributed by atoms with Crippen LogP contribution >= 0.6 is 20.7 Å². The normalized spacial score (nSPS) is 24.4. The molecule has 0 aromatic heterocycles. The highest BCUT2D eigenvalue weighted by Crippen LogP contribution is 2.71. The van der Waals surface area contributed by atoms with E-state index in [9.17, 15) is 4.39 Å². The third-order valence-corrected chi connectivity index (χ3v) is 7.34. The molecule has 0 N–H and O–H groups in total. The number of hydrogen-bond donors (Lipinski definition) is 1. The molecule has 0 aliphatic carbocycles. The largest absolute Gasteiger partial charge is 0.207 e. The Morgan fingerprint density at radius 2 is 2.00 bits per heavy atom. The molecule has 0 bridgehead atoms. The highest BCUT2D eigenvalue weighted by atomic mass is 33.2. The third kappa shape index (κ3) is 1.72. The summed E-state index contributed by atoms with van der Waals surface area (Å²) in [5, 5.41) is 1.23. The van der Waals surface area contributed by atoms with E-state index in [0.717, 1.165) is 5.56 Å². The topological polar surface area (TPSA) is 0 Å². The van der Waals surface area contributed by atoms with Crippen LogP contribution in [0.2, 0.25) is 0 Å². The van der Waals surface area contributed by atoms with Crippen molar-refractivity contribution in [2.45, 2.75) is 18.6 Å². The minimum absolute atomic E-state index is 0.00955. The Kier molecular flexibility index (Phi) is 2.32. The minimum atomic E-state index is -0.0532. The van der Waals surface area contributed by atoms with Crippen LogP contribution in [0.5, 0.6) is 0 Å². The van der Waals surface area contributed by atoms with Gasteiger partial charge in [-0.3, -0.25) is 0 Å². The summed E-state index contributed by atoms with van der Waals surface area (Å²) in [4.78, 5) is 0. The van der Waals surface area contributed by atoms with Crippen LogP contribution in [0.25, 0.3) is 0 Å². The zero-order chi connectivity index (χ0) is 9.47. The van der Waals surface area contributed by atoms with Crippen molar-refractivity contribution in [3.05, 3.63) is 35.6 Å². The van der Waals surface area contributed by atoms with Crippen molar-refractivity contribution >= 4 is 20.7 Å². The van der Waals surface area contributed by atoms with Gasteiger partial charge in [0.2, 0.25) is 0 Å². The molecule has 1 aromatic rings. The monoisotopic (exact) mass is 216 g/mol. The van der Waals surface area contributed by atoms with Crippen molar-refractivity contribution in [1.82, 2.24) is 0 Å². The maximum atomic E-state index is 13.5.